The highest BCUT2D eigenvalue weighted by Gasteiger charge is 2.69. The number of benzene rings is 2. The van der Waals surface area contributed by atoms with Crippen LogP contribution in [-0.4, -0.2) is 17.8 Å². The van der Waals surface area contributed by atoms with Crippen molar-refractivity contribution in [1.82, 2.24) is 0 Å². The highest BCUT2D eigenvalue weighted by Crippen LogP contribution is 2.71. The first-order valence-corrected chi connectivity index (χ1v) is 8.56. The lowest BCUT2D eigenvalue weighted by Gasteiger charge is -2.45. The average Bonchev–Trinajstić information content (AvgIpc) is 2.95. The SMILES string of the molecule is COc1ccc2c3c(ccc2c1)C12CCC(O)(CC1)[C@@]2(C)C=C3. The number of hydrogen-bond donors (Lipinski definition) is 1. The molecule has 1 N–H and O–H groups in total. The normalized spacial score (nSPS) is 37.0. The second-order valence-corrected chi connectivity index (χ2v) is 7.76. The highest BCUT2D eigenvalue weighted by atomic mass is 16.5. The third-order valence-electron chi connectivity index (χ3n) is 7.26. The molecule has 2 fully saturated rings. The van der Waals surface area contributed by atoms with Crippen LogP contribution in [0.3, 0.4) is 0 Å². The zero-order valence-corrected chi connectivity index (χ0v) is 13.7. The fourth-order valence-electron chi connectivity index (χ4n) is 5.74. The minimum absolute atomic E-state index is 0.111. The molecular weight excluding hydrogens is 284 g/mol. The van der Waals surface area contributed by atoms with E-state index in [1.54, 1.807) is 7.11 Å². The molecular formula is C21H22O2. The molecule has 0 heterocycles. The topological polar surface area (TPSA) is 29.5 Å². The van der Waals surface area contributed by atoms with Crippen LogP contribution in [-0.2, 0) is 5.41 Å². The second kappa shape index (κ2) is 3.99. The summed E-state index contributed by atoms with van der Waals surface area (Å²) >= 11 is 0. The number of ether oxygens (including phenoxy) is 1. The van der Waals surface area contributed by atoms with Gasteiger partial charge in [-0.15, -0.1) is 0 Å². The van der Waals surface area contributed by atoms with E-state index >= 15 is 0 Å². The summed E-state index contributed by atoms with van der Waals surface area (Å²) in [6.07, 6.45) is 8.60. The maximum absolute atomic E-state index is 11.1. The molecule has 0 aliphatic heterocycles. The molecule has 118 valence electrons. The van der Waals surface area contributed by atoms with Crippen LogP contribution in [0.5, 0.6) is 5.75 Å². The second-order valence-electron chi connectivity index (χ2n) is 7.76. The Labute approximate surface area is 136 Å². The molecule has 0 aromatic heterocycles. The first kappa shape index (κ1) is 13.6. The lowest BCUT2D eigenvalue weighted by Crippen LogP contribution is -2.45. The van der Waals surface area contributed by atoms with Crippen molar-refractivity contribution >= 4 is 16.8 Å². The average molecular weight is 306 g/mol. The van der Waals surface area contributed by atoms with E-state index in [0.717, 1.165) is 31.4 Å². The Morgan fingerprint density at radius 1 is 1.04 bits per heavy atom. The summed E-state index contributed by atoms with van der Waals surface area (Å²) in [5.74, 6) is 0.899. The molecule has 0 saturated heterocycles. The molecule has 23 heavy (non-hydrogen) atoms. The van der Waals surface area contributed by atoms with Crippen LogP contribution in [0, 0.1) is 5.41 Å². The standard InChI is InChI=1S/C21H22O2/c1-19-8-7-17-16-5-4-15(23-2)13-14(16)3-6-18(17)20(19)9-11-21(19,22)12-10-20/h3-8,13,22H,9-12H2,1-2H3/t19-,20?,21?/m0/s1. The molecule has 2 nitrogen and oxygen atoms in total. The fraction of sp³-hybridized carbons (Fsp3) is 0.429. The van der Waals surface area contributed by atoms with Crippen molar-refractivity contribution in [2.45, 2.75) is 43.6 Å². The van der Waals surface area contributed by atoms with E-state index in [4.69, 9.17) is 4.74 Å². The number of aliphatic hydroxyl groups is 1. The van der Waals surface area contributed by atoms with Crippen LogP contribution in [0.1, 0.15) is 43.7 Å². The Kier molecular flexibility index (Phi) is 2.36. The van der Waals surface area contributed by atoms with E-state index in [0.29, 0.717) is 0 Å². The summed E-state index contributed by atoms with van der Waals surface area (Å²) < 4.78 is 5.36. The summed E-state index contributed by atoms with van der Waals surface area (Å²) in [6.45, 7) is 2.27. The third-order valence-corrected chi connectivity index (χ3v) is 7.26. The molecule has 5 rings (SSSR count). The fourth-order valence-corrected chi connectivity index (χ4v) is 5.74. The van der Waals surface area contributed by atoms with E-state index in [1.165, 1.54) is 21.9 Å². The lowest BCUT2D eigenvalue weighted by molar-refractivity contribution is -0.0167. The Bertz CT molecular complexity index is 856. The monoisotopic (exact) mass is 306 g/mol. The van der Waals surface area contributed by atoms with Gasteiger partial charge in [0.2, 0.25) is 0 Å². The van der Waals surface area contributed by atoms with Crippen molar-refractivity contribution < 1.29 is 9.84 Å². The maximum Gasteiger partial charge on any atom is 0.119 e. The molecule has 0 spiro atoms. The highest BCUT2D eigenvalue weighted by molar-refractivity contribution is 5.94. The minimum Gasteiger partial charge on any atom is -0.497 e. The molecule has 0 unspecified atom stereocenters. The summed E-state index contributed by atoms with van der Waals surface area (Å²) in [6, 6.07) is 10.8. The summed E-state index contributed by atoms with van der Waals surface area (Å²) in [5.41, 5.74) is 2.26. The van der Waals surface area contributed by atoms with Gasteiger partial charge in [0.05, 0.1) is 12.7 Å². The largest absolute Gasteiger partial charge is 0.497 e. The van der Waals surface area contributed by atoms with E-state index in [9.17, 15) is 5.11 Å². The molecule has 2 saturated carbocycles. The predicted molar refractivity (Wildman–Crippen MR) is 92.7 cm³/mol. The first-order valence-electron chi connectivity index (χ1n) is 8.56. The van der Waals surface area contributed by atoms with Crippen LogP contribution in [0.25, 0.3) is 16.8 Å². The quantitative estimate of drug-likeness (QED) is 0.844. The Balaban J connectivity index is 1.80. The van der Waals surface area contributed by atoms with Crippen molar-refractivity contribution in [2.75, 3.05) is 7.11 Å². The number of methoxy groups -OCH3 is 1. The molecule has 2 bridgehead atoms. The van der Waals surface area contributed by atoms with Crippen LogP contribution in [0.4, 0.5) is 0 Å². The van der Waals surface area contributed by atoms with Gasteiger partial charge in [0.15, 0.2) is 0 Å². The number of hydrogen-bond acceptors (Lipinski definition) is 2. The summed E-state index contributed by atoms with van der Waals surface area (Å²) in [4.78, 5) is 0. The molecule has 0 amide bonds. The smallest absolute Gasteiger partial charge is 0.119 e. The summed E-state index contributed by atoms with van der Waals surface area (Å²) in [7, 11) is 1.71. The molecule has 0 radical (unpaired) electrons. The van der Waals surface area contributed by atoms with Gasteiger partial charge in [0, 0.05) is 10.8 Å². The molecule has 2 heteroatoms. The lowest BCUT2D eigenvalue weighted by atomic mass is 9.59. The van der Waals surface area contributed by atoms with E-state index in [-0.39, 0.29) is 10.8 Å². The molecule has 3 aliphatic carbocycles. The van der Waals surface area contributed by atoms with Crippen LogP contribution in [0.15, 0.2) is 36.4 Å². The maximum atomic E-state index is 11.1. The molecule has 2 aromatic carbocycles. The van der Waals surface area contributed by atoms with Gasteiger partial charge in [-0.25, -0.2) is 0 Å². The van der Waals surface area contributed by atoms with Crippen LogP contribution < -0.4 is 4.74 Å². The first-order chi connectivity index (χ1) is 11.0. The van der Waals surface area contributed by atoms with Crippen molar-refractivity contribution in [2.24, 2.45) is 5.41 Å². The van der Waals surface area contributed by atoms with Gasteiger partial charge in [0.25, 0.3) is 0 Å². The van der Waals surface area contributed by atoms with Crippen LogP contribution in [0.2, 0.25) is 0 Å². The van der Waals surface area contributed by atoms with Gasteiger partial charge < -0.3 is 9.84 Å². The molecule has 1 atom stereocenters. The van der Waals surface area contributed by atoms with E-state index < -0.39 is 5.60 Å². The zero-order valence-electron chi connectivity index (χ0n) is 13.7. The number of rotatable bonds is 1. The van der Waals surface area contributed by atoms with E-state index in [2.05, 4.69) is 43.3 Å². The summed E-state index contributed by atoms with van der Waals surface area (Å²) in [5, 5.41) is 13.6. The predicted octanol–water partition coefficient (Wildman–Crippen LogP) is 4.44. The third kappa shape index (κ3) is 1.36. The van der Waals surface area contributed by atoms with Crippen molar-refractivity contribution in [3.8, 4) is 5.75 Å². The minimum atomic E-state index is -0.518. The molecule has 3 aliphatic rings. The Hall–Kier alpha value is -1.80. The van der Waals surface area contributed by atoms with Gasteiger partial charge >= 0.3 is 0 Å². The van der Waals surface area contributed by atoms with Crippen molar-refractivity contribution in [3.63, 3.8) is 0 Å². The van der Waals surface area contributed by atoms with Gasteiger partial charge in [-0.1, -0.05) is 37.3 Å². The van der Waals surface area contributed by atoms with Gasteiger partial charge in [-0.05, 0) is 59.7 Å². The Morgan fingerprint density at radius 3 is 2.57 bits per heavy atom. The molecule has 2 aromatic rings. The zero-order chi connectivity index (χ0) is 15.9. The van der Waals surface area contributed by atoms with Gasteiger partial charge in [-0.2, -0.15) is 0 Å². The van der Waals surface area contributed by atoms with Crippen molar-refractivity contribution in [1.29, 1.82) is 0 Å². The van der Waals surface area contributed by atoms with Gasteiger partial charge in [0.1, 0.15) is 5.75 Å². The van der Waals surface area contributed by atoms with E-state index in [1.807, 2.05) is 6.07 Å². The van der Waals surface area contributed by atoms with Crippen LogP contribution >= 0.6 is 0 Å². The Morgan fingerprint density at radius 2 is 1.83 bits per heavy atom. The van der Waals surface area contributed by atoms with Crippen molar-refractivity contribution in [3.05, 3.63) is 47.5 Å². The number of fused-ring (bicyclic) bond motifs is 3. The van der Waals surface area contributed by atoms with Gasteiger partial charge in [-0.3, -0.25) is 0 Å².